The van der Waals surface area contributed by atoms with Crippen LogP contribution in [0.1, 0.15) is 52.7 Å². The molecule has 11 rings (SSSR count). The molecule has 0 N–H and O–H groups in total. The smallest absolute Gasteiger partial charge is 0.0318 e. The third-order valence-corrected chi connectivity index (χ3v) is 13.7. The topological polar surface area (TPSA) is 0 Å². The van der Waals surface area contributed by atoms with E-state index in [-0.39, 0.29) is 16.2 Å². The number of rotatable bonds is 3. The zero-order valence-electron chi connectivity index (χ0n) is 34.8. The third-order valence-electron chi connectivity index (χ3n) is 13.7. The van der Waals surface area contributed by atoms with E-state index in [2.05, 4.69) is 224 Å². The minimum Gasteiger partial charge on any atom is -0.0622 e. The van der Waals surface area contributed by atoms with Gasteiger partial charge in [-0.3, -0.25) is 0 Å². The summed E-state index contributed by atoms with van der Waals surface area (Å²) in [4.78, 5) is 0. The molecule has 0 radical (unpaired) electrons. The van der Waals surface area contributed by atoms with Gasteiger partial charge in [-0.25, -0.2) is 0 Å². The molecule has 0 atom stereocenters. The predicted octanol–water partition coefficient (Wildman–Crippen LogP) is 16.8. The van der Waals surface area contributed by atoms with Crippen LogP contribution in [0.2, 0.25) is 0 Å². The van der Waals surface area contributed by atoms with Crippen LogP contribution in [-0.2, 0) is 5.41 Å². The lowest BCUT2D eigenvalue weighted by Gasteiger charge is -2.53. The molecule has 59 heavy (non-hydrogen) atoms. The van der Waals surface area contributed by atoms with E-state index in [4.69, 9.17) is 0 Å². The summed E-state index contributed by atoms with van der Waals surface area (Å²) in [6.07, 6.45) is 0. The first kappa shape index (κ1) is 35.6. The van der Waals surface area contributed by atoms with Crippen molar-refractivity contribution in [2.45, 2.75) is 47.0 Å². The average Bonchev–Trinajstić information content (AvgIpc) is 3.60. The number of hydrogen-bond donors (Lipinski definition) is 0. The Bertz CT molecular complexity index is 3240. The van der Waals surface area contributed by atoms with Crippen molar-refractivity contribution in [1.82, 2.24) is 0 Å². The van der Waals surface area contributed by atoms with E-state index in [1.54, 1.807) is 0 Å². The van der Waals surface area contributed by atoms with Gasteiger partial charge in [0.15, 0.2) is 0 Å². The highest BCUT2D eigenvalue weighted by Crippen LogP contribution is 2.68. The molecule has 0 fully saturated rings. The monoisotopic (exact) mass is 756 g/mol. The van der Waals surface area contributed by atoms with Gasteiger partial charge in [-0.2, -0.15) is 0 Å². The molecule has 0 heteroatoms. The number of hydrogen-bond acceptors (Lipinski definition) is 0. The number of fused-ring (bicyclic) bond motifs is 12. The standard InChI is InChI=1S/C59H48/c1-57(2,3)59(58(4,5)6)51-36-50(42-24-11-13-25-43(42)54(51)55-44-26-14-10-22-40(44)41-23-12-19-31-49(41)56(55)59)37-32-34-39(35-33-37)53-47-29-17-15-27-45(47)52(38-20-8-7-9-21-38)46-28-16-18-30-48(46)53/h7-36H,1-6H3. The molecule has 0 spiro atoms. The summed E-state index contributed by atoms with van der Waals surface area (Å²) in [7, 11) is 0. The fourth-order valence-electron chi connectivity index (χ4n) is 12.0. The molecule has 0 unspecified atom stereocenters. The highest BCUT2D eigenvalue weighted by Gasteiger charge is 2.59. The van der Waals surface area contributed by atoms with E-state index >= 15 is 0 Å². The Morgan fingerprint density at radius 1 is 0.288 bits per heavy atom. The van der Waals surface area contributed by atoms with Gasteiger partial charge < -0.3 is 0 Å². The molecule has 0 nitrogen and oxygen atoms in total. The van der Waals surface area contributed by atoms with E-state index < -0.39 is 0 Å². The molecule has 1 aliphatic carbocycles. The lowest BCUT2D eigenvalue weighted by atomic mass is 9.49. The largest absolute Gasteiger partial charge is 0.0622 e. The molecular formula is C59H48. The normalized spacial score (nSPS) is 13.7. The Balaban J connectivity index is 1.19. The summed E-state index contributed by atoms with van der Waals surface area (Å²) in [5.74, 6) is 0. The Labute approximate surface area is 347 Å². The summed E-state index contributed by atoms with van der Waals surface area (Å²) in [5.41, 5.74) is 12.8. The third kappa shape index (κ3) is 4.90. The molecule has 0 heterocycles. The summed E-state index contributed by atoms with van der Waals surface area (Å²) < 4.78 is 0. The van der Waals surface area contributed by atoms with Gasteiger partial charge in [0.2, 0.25) is 0 Å². The summed E-state index contributed by atoms with van der Waals surface area (Å²) >= 11 is 0. The summed E-state index contributed by atoms with van der Waals surface area (Å²) in [5, 5.41) is 13.1. The Kier molecular flexibility index (Phi) is 7.70. The second-order valence-corrected chi connectivity index (χ2v) is 18.8. The first-order chi connectivity index (χ1) is 28.6. The zero-order valence-corrected chi connectivity index (χ0v) is 34.8. The highest BCUT2D eigenvalue weighted by molar-refractivity contribution is 6.23. The van der Waals surface area contributed by atoms with Crippen molar-refractivity contribution in [1.29, 1.82) is 0 Å². The molecule has 0 bridgehead atoms. The molecule has 10 aromatic rings. The Hall–Kier alpha value is -6.50. The van der Waals surface area contributed by atoms with Crippen molar-refractivity contribution >= 4 is 53.9 Å². The van der Waals surface area contributed by atoms with Crippen LogP contribution in [0.4, 0.5) is 0 Å². The fraction of sp³-hybridized carbons (Fsp3) is 0.153. The van der Waals surface area contributed by atoms with Crippen molar-refractivity contribution in [2.75, 3.05) is 0 Å². The summed E-state index contributed by atoms with van der Waals surface area (Å²) in [6, 6.07) is 68.3. The van der Waals surface area contributed by atoms with Crippen LogP contribution in [0.15, 0.2) is 182 Å². The number of benzene rings is 10. The lowest BCUT2D eigenvalue weighted by Crippen LogP contribution is -2.50. The van der Waals surface area contributed by atoms with Gasteiger partial charge in [0, 0.05) is 5.41 Å². The van der Waals surface area contributed by atoms with Gasteiger partial charge in [-0.15, -0.1) is 0 Å². The second-order valence-electron chi connectivity index (χ2n) is 18.8. The highest BCUT2D eigenvalue weighted by atomic mass is 14.6. The first-order valence-corrected chi connectivity index (χ1v) is 21.2. The first-order valence-electron chi connectivity index (χ1n) is 21.2. The van der Waals surface area contributed by atoms with Crippen molar-refractivity contribution in [3.05, 3.63) is 193 Å². The molecular weight excluding hydrogens is 709 g/mol. The van der Waals surface area contributed by atoms with Gasteiger partial charge in [0.1, 0.15) is 0 Å². The van der Waals surface area contributed by atoms with Gasteiger partial charge in [0.05, 0.1) is 0 Å². The van der Waals surface area contributed by atoms with Gasteiger partial charge in [-0.1, -0.05) is 217 Å². The van der Waals surface area contributed by atoms with Crippen LogP contribution in [-0.4, -0.2) is 0 Å². The van der Waals surface area contributed by atoms with E-state index in [1.807, 2.05) is 0 Å². The maximum Gasteiger partial charge on any atom is 0.0318 e. The van der Waals surface area contributed by atoms with Crippen LogP contribution in [0.25, 0.3) is 98.4 Å². The molecule has 1 aliphatic rings. The predicted molar refractivity (Wildman–Crippen MR) is 255 cm³/mol. The van der Waals surface area contributed by atoms with Gasteiger partial charge >= 0.3 is 0 Å². The van der Waals surface area contributed by atoms with Gasteiger partial charge in [-0.05, 0) is 126 Å². The maximum atomic E-state index is 2.60. The van der Waals surface area contributed by atoms with Crippen molar-refractivity contribution < 1.29 is 0 Å². The molecule has 0 aliphatic heterocycles. The SMILES string of the molecule is CC(C)(C)C1(C(C)(C)C)c2cc(-c3ccc(-c4c5ccccc5c(-c5ccccc5)c5ccccc45)cc3)c3ccccc3c2-c2c1c1ccccc1c1ccccc21. The quantitative estimate of drug-likeness (QED) is 0.124. The van der Waals surface area contributed by atoms with Crippen LogP contribution in [0, 0.1) is 10.8 Å². The van der Waals surface area contributed by atoms with Crippen molar-refractivity contribution in [3.8, 4) is 44.5 Å². The molecule has 284 valence electrons. The van der Waals surface area contributed by atoms with E-state index in [1.165, 1.54) is 109 Å². The minimum absolute atomic E-state index is 0.117. The maximum absolute atomic E-state index is 2.60. The van der Waals surface area contributed by atoms with Crippen molar-refractivity contribution in [3.63, 3.8) is 0 Å². The van der Waals surface area contributed by atoms with Crippen LogP contribution in [0.5, 0.6) is 0 Å². The molecule has 0 amide bonds. The van der Waals surface area contributed by atoms with Crippen LogP contribution in [0.3, 0.4) is 0 Å². The Morgan fingerprint density at radius 2 is 0.627 bits per heavy atom. The van der Waals surface area contributed by atoms with Crippen molar-refractivity contribution in [2.24, 2.45) is 10.8 Å². The fourth-order valence-corrected chi connectivity index (χ4v) is 12.0. The van der Waals surface area contributed by atoms with Crippen LogP contribution >= 0.6 is 0 Å². The van der Waals surface area contributed by atoms with E-state index in [9.17, 15) is 0 Å². The lowest BCUT2D eigenvalue weighted by molar-refractivity contribution is 0.0965. The summed E-state index contributed by atoms with van der Waals surface area (Å²) in [6.45, 7) is 14.8. The molecule has 0 saturated heterocycles. The van der Waals surface area contributed by atoms with E-state index in [0.29, 0.717) is 0 Å². The van der Waals surface area contributed by atoms with Crippen LogP contribution < -0.4 is 0 Å². The zero-order chi connectivity index (χ0) is 40.3. The molecule has 10 aromatic carbocycles. The Morgan fingerprint density at radius 3 is 1.10 bits per heavy atom. The minimum atomic E-state index is -0.300. The van der Waals surface area contributed by atoms with Gasteiger partial charge in [0.25, 0.3) is 0 Å². The average molecular weight is 757 g/mol. The second kappa shape index (κ2) is 12.7. The molecule has 0 aromatic heterocycles. The molecule has 0 saturated carbocycles. The van der Waals surface area contributed by atoms with E-state index in [0.717, 1.165) is 0 Å².